The second-order valence-corrected chi connectivity index (χ2v) is 38.9. The molecule has 0 radical (unpaired) electrons. The van der Waals surface area contributed by atoms with Crippen LogP contribution in [0.5, 0.6) is 0 Å². The molecule has 2 aliphatic rings. The number of aliphatic hydroxyl groups is 2. The quantitative estimate of drug-likeness (QED) is 0.0892. The Hall–Kier alpha value is -13.6. The van der Waals surface area contributed by atoms with Gasteiger partial charge in [-0.1, -0.05) is 327 Å². The van der Waals surface area contributed by atoms with Gasteiger partial charge in [-0.25, -0.2) is 0 Å². The first kappa shape index (κ1) is 77.7. The number of aromatic nitrogens is 2. The van der Waals surface area contributed by atoms with Gasteiger partial charge in [-0.05, 0) is 266 Å². The van der Waals surface area contributed by atoms with Gasteiger partial charge in [0.1, 0.15) is 0 Å². The van der Waals surface area contributed by atoms with Crippen molar-refractivity contribution in [1.29, 1.82) is 0 Å². The molecule has 0 unspecified atom stereocenters. The number of fused-ring (bicyclic) bond motifs is 14. The van der Waals surface area contributed by atoms with Gasteiger partial charge in [0.05, 0.1) is 33.4 Å². The van der Waals surface area contributed by atoms with Gasteiger partial charge >= 0.3 is 0 Å². The maximum Gasteiger partial charge on any atom is 0.186 e. The van der Waals surface area contributed by atoms with E-state index in [-0.39, 0.29) is 21.7 Å². The Morgan fingerprint density at radius 3 is 0.944 bits per heavy atom. The van der Waals surface area contributed by atoms with E-state index in [2.05, 4.69) is 449 Å². The van der Waals surface area contributed by atoms with Gasteiger partial charge in [0.15, 0.2) is 5.79 Å². The number of para-hydroxylation sites is 4. The van der Waals surface area contributed by atoms with E-state index in [9.17, 15) is 10.2 Å². The maximum absolute atomic E-state index is 12.2. The largest absolute Gasteiger partial charge is 0.362 e. The summed E-state index contributed by atoms with van der Waals surface area (Å²) in [5.41, 5.74) is 33.8. The Labute approximate surface area is 727 Å². The van der Waals surface area contributed by atoms with Crippen molar-refractivity contribution in [3.63, 3.8) is 0 Å². The molecule has 0 fully saturated rings. The van der Waals surface area contributed by atoms with Crippen LogP contribution in [-0.2, 0) is 32.9 Å². The lowest BCUT2D eigenvalue weighted by Gasteiger charge is -2.32. The summed E-state index contributed by atoms with van der Waals surface area (Å²) in [6, 6.07) is 132. The molecule has 6 nitrogen and oxygen atoms in total. The summed E-state index contributed by atoms with van der Waals surface area (Å²) in [7, 11) is 0. The van der Waals surface area contributed by atoms with E-state index in [1.165, 1.54) is 73.3 Å². The zero-order chi connectivity index (χ0) is 85.4. The van der Waals surface area contributed by atoms with Crippen molar-refractivity contribution in [2.75, 3.05) is 9.80 Å². The van der Waals surface area contributed by atoms with Crippen LogP contribution in [0.1, 0.15) is 141 Å². The summed E-state index contributed by atoms with van der Waals surface area (Å²) in [6.07, 6.45) is 0. The molecule has 17 aromatic carbocycles. The predicted molar refractivity (Wildman–Crippen MR) is 524 cm³/mol. The van der Waals surface area contributed by atoms with E-state index in [0.29, 0.717) is 5.56 Å². The van der Waals surface area contributed by atoms with Crippen LogP contribution in [0.15, 0.2) is 352 Å². The molecule has 21 rings (SSSR count). The van der Waals surface area contributed by atoms with Crippen LogP contribution in [0, 0.1) is 0 Å². The highest BCUT2D eigenvalue weighted by Crippen LogP contribution is 2.58. The molecule has 124 heavy (non-hydrogen) atoms. The van der Waals surface area contributed by atoms with E-state index in [1.807, 2.05) is 12.1 Å². The average molecular weight is 1610 g/mol. The Morgan fingerprint density at radius 1 is 0.242 bits per heavy atom. The third kappa shape index (κ3) is 12.5. The molecule has 2 N–H and O–H groups in total. The summed E-state index contributed by atoms with van der Waals surface area (Å²) in [5, 5.41) is 33.2. The Balaban J connectivity index is 0.915. The molecule has 2 heterocycles. The van der Waals surface area contributed by atoms with Crippen LogP contribution >= 0.6 is 0 Å². The lowest BCUT2D eigenvalue weighted by molar-refractivity contribution is -0.152. The minimum Gasteiger partial charge on any atom is -0.362 e. The molecule has 0 saturated carbocycles. The van der Waals surface area contributed by atoms with Crippen LogP contribution in [-0.4, -0.2) is 19.3 Å². The van der Waals surface area contributed by atoms with E-state index in [1.54, 1.807) is 0 Å². The summed E-state index contributed by atoms with van der Waals surface area (Å²) in [5.74, 6) is -2.20. The van der Waals surface area contributed by atoms with Crippen LogP contribution in [0.25, 0.3) is 143 Å². The Morgan fingerprint density at radius 2 is 0.573 bits per heavy atom. The lowest BCUT2D eigenvalue weighted by atomic mass is 9.80. The highest BCUT2D eigenvalue weighted by atomic mass is 16.5. The molecule has 0 saturated heterocycles. The first-order chi connectivity index (χ1) is 59.6. The van der Waals surface area contributed by atoms with Gasteiger partial charge < -0.3 is 29.1 Å². The number of anilines is 6. The number of benzene rings is 17. The van der Waals surface area contributed by atoms with Gasteiger partial charge in [0.2, 0.25) is 0 Å². The van der Waals surface area contributed by atoms with E-state index in [4.69, 9.17) is 0 Å². The summed E-state index contributed by atoms with van der Waals surface area (Å²) in [4.78, 5) is 5.01. The fraction of sp³-hybridized carbons (Fsp3) is 0.169. The second-order valence-electron chi connectivity index (χ2n) is 38.9. The molecule has 19 aromatic rings. The van der Waals surface area contributed by atoms with Gasteiger partial charge in [0, 0.05) is 72.1 Å². The molecule has 0 aliphatic heterocycles. The van der Waals surface area contributed by atoms with Gasteiger partial charge in [-0.15, -0.1) is 0 Å². The van der Waals surface area contributed by atoms with Crippen LogP contribution in [0.2, 0.25) is 0 Å². The SMILES string of the molecule is CC(C)(C)c1cc(N(c2ccc3c(-c4ccccc4-c4ccccc4)c4cc(N(c5cc(C(C)(C)C)cc(C(C)(O)O)c5)c5cccc6c7cc8c(cc7n(-c7ccccc7)c56)C(C)(C)c5ccccc5-8)ccc4c(-c4ccccc4-c4ccccc4)c3c2)c2cccc3c4cc5c(cc4n(-c4ccccc4)c23)C(C)(C)c2ccccc2-5)cc(C(C)(C)C)c1. The fourth-order valence-corrected chi connectivity index (χ4v) is 20.6. The van der Waals surface area contributed by atoms with Crippen molar-refractivity contribution < 1.29 is 10.2 Å². The molecule has 2 aliphatic carbocycles. The second kappa shape index (κ2) is 28.5. The van der Waals surface area contributed by atoms with Crippen molar-refractivity contribution >= 4 is 99.3 Å². The Kier molecular flexibility index (Phi) is 17.8. The minimum absolute atomic E-state index is 0.226. The monoisotopic (exact) mass is 1610 g/mol. The Bertz CT molecular complexity index is 7050. The maximum atomic E-state index is 12.2. The molecule has 6 heteroatoms. The molecule has 2 aromatic heterocycles. The normalized spacial score (nSPS) is 13.6. The summed E-state index contributed by atoms with van der Waals surface area (Å²) < 4.78 is 5.04. The number of nitrogens with zero attached hydrogens (tertiary/aromatic N) is 4. The molecule has 0 amide bonds. The number of hydrogen-bond acceptors (Lipinski definition) is 4. The highest BCUT2D eigenvalue weighted by Gasteiger charge is 2.40. The van der Waals surface area contributed by atoms with Gasteiger partial charge in [0.25, 0.3) is 0 Å². The van der Waals surface area contributed by atoms with Crippen molar-refractivity contribution in [2.45, 2.75) is 130 Å². The van der Waals surface area contributed by atoms with Gasteiger partial charge in [-0.3, -0.25) is 0 Å². The zero-order valence-corrected chi connectivity index (χ0v) is 73.2. The fourth-order valence-electron chi connectivity index (χ4n) is 20.6. The van der Waals surface area contributed by atoms with Gasteiger partial charge in [-0.2, -0.15) is 0 Å². The molecule has 606 valence electrons. The van der Waals surface area contributed by atoms with Crippen molar-refractivity contribution in [3.8, 4) is 78.1 Å². The molecule has 0 atom stereocenters. The lowest BCUT2D eigenvalue weighted by Crippen LogP contribution is -2.23. The summed E-state index contributed by atoms with van der Waals surface area (Å²) >= 11 is 0. The minimum atomic E-state index is -2.20. The van der Waals surface area contributed by atoms with E-state index >= 15 is 0 Å². The molecule has 0 spiro atoms. The molecular formula is C118H102N4O2. The predicted octanol–water partition coefficient (Wildman–Crippen LogP) is 31.5. The van der Waals surface area contributed by atoms with Crippen molar-refractivity contribution in [3.05, 3.63) is 396 Å². The van der Waals surface area contributed by atoms with Crippen molar-refractivity contribution in [1.82, 2.24) is 9.13 Å². The average Bonchev–Trinajstić information content (AvgIpc) is 1.42. The molecular weight excluding hydrogens is 1510 g/mol. The first-order valence-corrected chi connectivity index (χ1v) is 43.8. The number of hydrogen-bond donors (Lipinski definition) is 2. The van der Waals surface area contributed by atoms with Crippen LogP contribution in [0.3, 0.4) is 0 Å². The number of rotatable bonds is 13. The summed E-state index contributed by atoms with van der Waals surface area (Å²) in [6.45, 7) is 31.7. The van der Waals surface area contributed by atoms with E-state index in [0.717, 1.165) is 150 Å². The van der Waals surface area contributed by atoms with Crippen LogP contribution in [0.4, 0.5) is 34.1 Å². The smallest absolute Gasteiger partial charge is 0.186 e. The highest BCUT2D eigenvalue weighted by molar-refractivity contribution is 6.26. The van der Waals surface area contributed by atoms with Crippen LogP contribution < -0.4 is 9.80 Å². The third-order valence-electron chi connectivity index (χ3n) is 27.1. The van der Waals surface area contributed by atoms with Crippen molar-refractivity contribution in [2.24, 2.45) is 0 Å². The molecule has 0 bridgehead atoms. The standard InChI is InChI=1S/C118H102N4O2/c1-113(2,3)75-61-76(114(4,5)6)64-83(63-75)119(105-55-35-51-93-97-69-95-87-47-31-33-53-101(87)116(10,11)103(95)71-107(97)121(111(93)105)79-41-23-17-24-42-79)81-57-59-91-99(67-81)109(89-49-29-27-45-85(89)73-37-19-15-20-38-73)92-60-58-82(68-100(92)110(91)90-50-30-28-46-86(90)74-39-21-16-22-40-74)120(84-65-77(115(7,8)9)62-78(66-84)118(14,123)124)106-56-36-52-94-98-70-96-88-48-32-34-54-102(88)117(12,13)104(96)72-108(98)122(112(94)106)80-43-25-18-26-44-80/h15-72,123-124H,1-14H3. The first-order valence-electron chi connectivity index (χ1n) is 43.8. The third-order valence-corrected chi connectivity index (χ3v) is 27.1. The van der Waals surface area contributed by atoms with E-state index < -0.39 is 11.2 Å². The topological polar surface area (TPSA) is 56.8 Å². The zero-order valence-electron chi connectivity index (χ0n) is 73.2.